The van der Waals surface area contributed by atoms with E-state index in [0.29, 0.717) is 5.56 Å². The molecule has 0 saturated heterocycles. The highest BCUT2D eigenvalue weighted by atomic mass is 16.5. The molecule has 2 aromatic rings. The number of ether oxygens (including phenoxy) is 2. The lowest BCUT2D eigenvalue weighted by Crippen LogP contribution is -2.06. The van der Waals surface area contributed by atoms with Gasteiger partial charge in [0.05, 0.1) is 32.0 Å². The van der Waals surface area contributed by atoms with Crippen LogP contribution in [0.15, 0.2) is 48.5 Å². The van der Waals surface area contributed by atoms with Gasteiger partial charge in [-0.05, 0) is 47.2 Å². The smallest absolute Gasteiger partial charge is 0.337 e. The van der Waals surface area contributed by atoms with Crippen LogP contribution in [0, 0.1) is 11.8 Å². The van der Waals surface area contributed by atoms with Crippen LogP contribution in [0.1, 0.15) is 61.4 Å². The van der Waals surface area contributed by atoms with E-state index < -0.39 is 6.10 Å². The molecule has 0 aliphatic heterocycles. The van der Waals surface area contributed by atoms with Crippen molar-refractivity contribution in [1.82, 2.24) is 0 Å². The van der Waals surface area contributed by atoms with Crippen molar-refractivity contribution >= 4 is 5.97 Å². The summed E-state index contributed by atoms with van der Waals surface area (Å²) >= 11 is 0. The molecule has 28 heavy (non-hydrogen) atoms. The first-order chi connectivity index (χ1) is 13.2. The second kappa shape index (κ2) is 11.5. The molecule has 0 amide bonds. The fourth-order valence-electron chi connectivity index (χ4n) is 2.51. The van der Waals surface area contributed by atoms with Gasteiger partial charge in [-0.25, -0.2) is 4.79 Å². The molecule has 0 bridgehead atoms. The Labute approximate surface area is 167 Å². The van der Waals surface area contributed by atoms with Crippen molar-refractivity contribution in [3.8, 4) is 5.75 Å². The highest BCUT2D eigenvalue weighted by Crippen LogP contribution is 2.23. The summed E-state index contributed by atoms with van der Waals surface area (Å²) in [5.41, 5.74) is 2.26. The molecule has 2 atom stereocenters. The van der Waals surface area contributed by atoms with E-state index in [1.165, 1.54) is 7.11 Å². The van der Waals surface area contributed by atoms with Gasteiger partial charge >= 0.3 is 5.97 Å². The zero-order chi connectivity index (χ0) is 21.3. The summed E-state index contributed by atoms with van der Waals surface area (Å²) in [6, 6.07) is 14.3. The van der Waals surface area contributed by atoms with Crippen molar-refractivity contribution in [3.63, 3.8) is 0 Å². The largest absolute Gasteiger partial charge is 0.497 e. The molecule has 2 unspecified atom stereocenters. The summed E-state index contributed by atoms with van der Waals surface area (Å²) in [5, 5.41) is 19.5. The van der Waals surface area contributed by atoms with E-state index in [9.17, 15) is 15.0 Å². The molecular weight excluding hydrogens is 356 g/mol. The molecule has 154 valence electrons. The minimum Gasteiger partial charge on any atom is -0.497 e. The Morgan fingerprint density at radius 1 is 0.750 bits per heavy atom. The van der Waals surface area contributed by atoms with Gasteiger partial charge in [0.15, 0.2) is 0 Å². The van der Waals surface area contributed by atoms with E-state index in [-0.39, 0.29) is 23.9 Å². The fourth-order valence-corrected chi connectivity index (χ4v) is 2.51. The van der Waals surface area contributed by atoms with E-state index in [2.05, 4.69) is 4.74 Å². The Morgan fingerprint density at radius 3 is 1.46 bits per heavy atom. The Hall–Kier alpha value is -2.37. The Kier molecular flexibility index (Phi) is 9.69. The molecule has 0 fully saturated rings. The molecule has 0 saturated carbocycles. The number of esters is 1. The lowest BCUT2D eigenvalue weighted by molar-refractivity contribution is 0.0600. The molecule has 0 radical (unpaired) electrons. The molecule has 0 spiro atoms. The van der Waals surface area contributed by atoms with E-state index in [1.807, 2.05) is 52.0 Å². The lowest BCUT2D eigenvalue weighted by Gasteiger charge is -2.14. The van der Waals surface area contributed by atoms with E-state index in [0.717, 1.165) is 16.9 Å². The third-order valence-electron chi connectivity index (χ3n) is 4.39. The van der Waals surface area contributed by atoms with Crippen molar-refractivity contribution in [3.05, 3.63) is 65.2 Å². The zero-order valence-electron chi connectivity index (χ0n) is 17.5. The molecule has 0 aliphatic rings. The molecule has 5 nitrogen and oxygen atoms in total. The summed E-state index contributed by atoms with van der Waals surface area (Å²) < 4.78 is 9.61. The molecule has 0 aromatic heterocycles. The van der Waals surface area contributed by atoms with E-state index in [4.69, 9.17) is 4.74 Å². The molecule has 0 aliphatic carbocycles. The van der Waals surface area contributed by atoms with Gasteiger partial charge in [0.1, 0.15) is 5.75 Å². The highest BCUT2D eigenvalue weighted by Gasteiger charge is 2.13. The van der Waals surface area contributed by atoms with Gasteiger partial charge in [-0.1, -0.05) is 52.0 Å². The van der Waals surface area contributed by atoms with Gasteiger partial charge in [-0.3, -0.25) is 0 Å². The average Bonchev–Trinajstić information content (AvgIpc) is 2.72. The maximum Gasteiger partial charge on any atom is 0.337 e. The first kappa shape index (κ1) is 23.7. The van der Waals surface area contributed by atoms with Gasteiger partial charge in [-0.2, -0.15) is 0 Å². The van der Waals surface area contributed by atoms with Crippen LogP contribution >= 0.6 is 0 Å². The van der Waals surface area contributed by atoms with E-state index >= 15 is 0 Å². The second-order valence-electron chi connectivity index (χ2n) is 7.26. The van der Waals surface area contributed by atoms with Crippen LogP contribution in [0.3, 0.4) is 0 Å². The Balaban J connectivity index is 0.000000283. The van der Waals surface area contributed by atoms with Crippen molar-refractivity contribution in [2.45, 2.75) is 39.9 Å². The molecule has 2 N–H and O–H groups in total. The number of aliphatic hydroxyl groups excluding tert-OH is 2. The van der Waals surface area contributed by atoms with Crippen LogP contribution in [0.25, 0.3) is 0 Å². The number of carbonyl (C=O) groups is 1. The second-order valence-corrected chi connectivity index (χ2v) is 7.26. The van der Waals surface area contributed by atoms with Crippen molar-refractivity contribution in [2.75, 3.05) is 14.2 Å². The van der Waals surface area contributed by atoms with Crippen LogP contribution in [-0.2, 0) is 4.74 Å². The van der Waals surface area contributed by atoms with Gasteiger partial charge in [-0.15, -0.1) is 0 Å². The molecule has 5 heteroatoms. The van der Waals surface area contributed by atoms with E-state index in [1.54, 1.807) is 31.4 Å². The monoisotopic (exact) mass is 388 g/mol. The average molecular weight is 389 g/mol. The van der Waals surface area contributed by atoms with Crippen molar-refractivity contribution in [2.24, 2.45) is 11.8 Å². The summed E-state index contributed by atoms with van der Waals surface area (Å²) in [7, 11) is 2.98. The molecular formula is C23H32O5. The van der Waals surface area contributed by atoms with Crippen molar-refractivity contribution < 1.29 is 24.5 Å². The van der Waals surface area contributed by atoms with Crippen LogP contribution in [0.2, 0.25) is 0 Å². The quantitative estimate of drug-likeness (QED) is 0.710. The van der Waals surface area contributed by atoms with Gasteiger partial charge in [0, 0.05) is 0 Å². The topological polar surface area (TPSA) is 76.0 Å². The Bertz CT molecular complexity index is 705. The lowest BCUT2D eigenvalue weighted by atomic mass is 9.98. The number of benzene rings is 2. The number of hydrogen-bond donors (Lipinski definition) is 2. The van der Waals surface area contributed by atoms with Gasteiger partial charge in [0.2, 0.25) is 0 Å². The zero-order valence-corrected chi connectivity index (χ0v) is 17.5. The molecule has 2 rings (SSSR count). The van der Waals surface area contributed by atoms with Gasteiger partial charge < -0.3 is 19.7 Å². The van der Waals surface area contributed by atoms with Crippen LogP contribution < -0.4 is 4.74 Å². The fraction of sp³-hybridized carbons (Fsp3) is 0.435. The van der Waals surface area contributed by atoms with Crippen LogP contribution in [0.4, 0.5) is 0 Å². The summed E-state index contributed by atoms with van der Waals surface area (Å²) in [4.78, 5) is 11.1. The number of hydrogen-bond acceptors (Lipinski definition) is 5. The van der Waals surface area contributed by atoms with Crippen LogP contribution in [0.5, 0.6) is 5.75 Å². The normalized spacial score (nSPS) is 12.8. The Morgan fingerprint density at radius 2 is 1.14 bits per heavy atom. The number of carbonyl (C=O) groups excluding carboxylic acids is 1. The highest BCUT2D eigenvalue weighted by molar-refractivity contribution is 5.89. The SMILES string of the molecule is COC(=O)c1ccc(C(O)C(C)C)cc1.COc1ccc(C(O)C(C)C)cc1. The first-order valence-corrected chi connectivity index (χ1v) is 9.39. The molecule has 0 heterocycles. The predicted octanol–water partition coefficient (Wildman–Crippen LogP) is 4.55. The number of methoxy groups -OCH3 is 2. The maximum absolute atomic E-state index is 11.1. The van der Waals surface area contributed by atoms with Gasteiger partial charge in [0.25, 0.3) is 0 Å². The predicted molar refractivity (Wildman–Crippen MR) is 110 cm³/mol. The standard InChI is InChI=1S/C12H16O3.C11H16O2/c1-8(2)11(13)9-4-6-10(7-5-9)12(14)15-3;1-8(2)11(12)9-4-6-10(13-3)7-5-9/h4-8,11,13H,1-3H3;4-8,11-12H,1-3H3. The summed E-state index contributed by atoms with van der Waals surface area (Å²) in [6.45, 7) is 7.88. The summed E-state index contributed by atoms with van der Waals surface area (Å²) in [6.07, 6.45) is -0.873. The maximum atomic E-state index is 11.1. The number of aliphatic hydroxyl groups is 2. The number of rotatable bonds is 6. The third-order valence-corrected chi connectivity index (χ3v) is 4.39. The minimum atomic E-state index is -0.489. The van der Waals surface area contributed by atoms with Crippen molar-refractivity contribution in [1.29, 1.82) is 0 Å². The first-order valence-electron chi connectivity index (χ1n) is 9.39. The van der Waals surface area contributed by atoms with Crippen LogP contribution in [-0.4, -0.2) is 30.4 Å². The molecule has 2 aromatic carbocycles. The summed E-state index contributed by atoms with van der Waals surface area (Å²) in [5.74, 6) is 0.864. The third kappa shape index (κ3) is 6.98. The minimum absolute atomic E-state index is 0.161.